The van der Waals surface area contributed by atoms with E-state index in [1.165, 1.54) is 5.56 Å². The van der Waals surface area contributed by atoms with Crippen molar-refractivity contribution in [1.82, 2.24) is 0 Å². The molecule has 0 fully saturated rings. The molecule has 3 aromatic rings. The second kappa shape index (κ2) is 8.82. The number of benzene rings is 3. The molecule has 5 nitrogen and oxygen atoms in total. The number of amides is 1. The lowest BCUT2D eigenvalue weighted by Gasteiger charge is -2.37. The molecule has 0 saturated heterocycles. The highest BCUT2D eigenvalue weighted by Crippen LogP contribution is 2.39. The predicted molar refractivity (Wildman–Crippen MR) is 121 cm³/mol. The van der Waals surface area contributed by atoms with Gasteiger partial charge in [0.15, 0.2) is 17.7 Å². The molecule has 0 bridgehead atoms. The molecule has 1 aliphatic heterocycles. The van der Waals surface area contributed by atoms with Crippen LogP contribution in [0.25, 0.3) is 0 Å². The molecule has 0 unspecified atom stereocenters. The fraction of sp³-hybridized carbons (Fsp3) is 0.269. The van der Waals surface area contributed by atoms with E-state index in [1.54, 1.807) is 37.3 Å². The lowest BCUT2D eigenvalue weighted by molar-refractivity contribution is 0.0254. The molecular weight excluding hydrogens is 390 g/mol. The molecule has 4 rings (SSSR count). The van der Waals surface area contributed by atoms with Crippen LogP contribution in [0.3, 0.4) is 0 Å². The molecule has 0 saturated carbocycles. The van der Waals surface area contributed by atoms with Gasteiger partial charge in [0, 0.05) is 16.7 Å². The maximum absolute atomic E-state index is 13.7. The van der Waals surface area contributed by atoms with Crippen molar-refractivity contribution >= 4 is 11.6 Å². The van der Waals surface area contributed by atoms with Crippen LogP contribution in [0.2, 0.25) is 0 Å². The maximum atomic E-state index is 13.7. The highest BCUT2D eigenvalue weighted by atomic mass is 16.5. The highest BCUT2D eigenvalue weighted by molar-refractivity contribution is 6.07. The van der Waals surface area contributed by atoms with Gasteiger partial charge < -0.3 is 14.2 Å². The number of carbonyl (C=O) groups is 1. The van der Waals surface area contributed by atoms with E-state index >= 15 is 0 Å². The quantitative estimate of drug-likeness (QED) is 0.534. The zero-order chi connectivity index (χ0) is 22.0. The van der Waals surface area contributed by atoms with Gasteiger partial charge in [0.05, 0.1) is 26.5 Å². The largest absolute Gasteiger partial charge is 0.493 e. The van der Waals surface area contributed by atoms with Crippen LogP contribution in [0.1, 0.15) is 53.0 Å². The maximum Gasteiger partial charge on any atom is 0.260 e. The van der Waals surface area contributed by atoms with E-state index in [9.17, 15) is 4.79 Å². The van der Waals surface area contributed by atoms with Crippen molar-refractivity contribution in [3.05, 3.63) is 89.0 Å². The van der Waals surface area contributed by atoms with Gasteiger partial charge in [0.2, 0.25) is 0 Å². The van der Waals surface area contributed by atoms with Gasteiger partial charge >= 0.3 is 0 Å². The Bertz CT molecular complexity index is 1080. The van der Waals surface area contributed by atoms with Crippen LogP contribution < -0.4 is 14.4 Å². The standard InChI is InChI=1S/C26H27NO4/c1-17(2)18-9-11-19(12-10-18)26-27(22-8-6-5-7-21(22)16-31-26)25(28)20-13-14-23(29-3)24(15-20)30-4/h5-15,17,26H,16H2,1-4H3/t26-/m1/s1. The summed E-state index contributed by atoms with van der Waals surface area (Å²) in [5.74, 6) is 1.37. The summed E-state index contributed by atoms with van der Waals surface area (Å²) >= 11 is 0. The molecule has 1 amide bonds. The fourth-order valence-corrected chi connectivity index (χ4v) is 3.85. The molecule has 31 heavy (non-hydrogen) atoms. The smallest absolute Gasteiger partial charge is 0.260 e. The minimum Gasteiger partial charge on any atom is -0.493 e. The molecule has 1 heterocycles. The molecular formula is C26H27NO4. The predicted octanol–water partition coefficient (Wildman–Crippen LogP) is 5.70. The molecule has 0 N–H and O–H groups in total. The number of fused-ring (bicyclic) bond motifs is 1. The Morgan fingerprint density at radius 1 is 0.968 bits per heavy atom. The molecule has 0 radical (unpaired) electrons. The van der Waals surface area contributed by atoms with Gasteiger partial charge in [-0.05, 0) is 35.7 Å². The van der Waals surface area contributed by atoms with Crippen LogP contribution in [0.5, 0.6) is 11.5 Å². The third kappa shape index (κ3) is 4.01. The van der Waals surface area contributed by atoms with Crippen molar-refractivity contribution in [3.8, 4) is 11.5 Å². The van der Waals surface area contributed by atoms with Crippen molar-refractivity contribution in [1.29, 1.82) is 0 Å². The van der Waals surface area contributed by atoms with E-state index in [-0.39, 0.29) is 5.91 Å². The number of para-hydroxylation sites is 1. The molecule has 3 aromatic carbocycles. The van der Waals surface area contributed by atoms with Gasteiger partial charge in [-0.1, -0.05) is 56.3 Å². The van der Waals surface area contributed by atoms with Crippen molar-refractivity contribution in [2.75, 3.05) is 19.1 Å². The van der Waals surface area contributed by atoms with E-state index in [4.69, 9.17) is 14.2 Å². The summed E-state index contributed by atoms with van der Waals surface area (Å²) < 4.78 is 16.9. The van der Waals surface area contributed by atoms with Crippen LogP contribution in [0.4, 0.5) is 5.69 Å². The number of ether oxygens (including phenoxy) is 3. The zero-order valence-corrected chi connectivity index (χ0v) is 18.3. The summed E-state index contributed by atoms with van der Waals surface area (Å²) in [6.45, 7) is 4.77. The normalized spacial score (nSPS) is 15.5. The fourth-order valence-electron chi connectivity index (χ4n) is 3.85. The van der Waals surface area contributed by atoms with E-state index in [2.05, 4.69) is 26.0 Å². The van der Waals surface area contributed by atoms with Crippen LogP contribution in [0.15, 0.2) is 66.7 Å². The number of hydrogen-bond acceptors (Lipinski definition) is 4. The summed E-state index contributed by atoms with van der Waals surface area (Å²) in [5, 5.41) is 0. The van der Waals surface area contributed by atoms with Crippen molar-refractivity contribution in [3.63, 3.8) is 0 Å². The van der Waals surface area contributed by atoms with Crippen molar-refractivity contribution in [2.45, 2.75) is 32.6 Å². The Morgan fingerprint density at radius 2 is 1.68 bits per heavy atom. The Hall–Kier alpha value is -3.31. The average molecular weight is 418 g/mol. The van der Waals surface area contributed by atoms with Gasteiger partial charge in [-0.15, -0.1) is 0 Å². The van der Waals surface area contributed by atoms with E-state index in [0.29, 0.717) is 29.6 Å². The van der Waals surface area contributed by atoms with Crippen LogP contribution in [0, 0.1) is 0 Å². The number of nitrogens with zero attached hydrogens (tertiary/aromatic N) is 1. The van der Waals surface area contributed by atoms with Gasteiger partial charge in [-0.3, -0.25) is 9.69 Å². The first-order valence-electron chi connectivity index (χ1n) is 10.4. The van der Waals surface area contributed by atoms with E-state index in [1.807, 2.05) is 36.4 Å². The molecule has 0 aliphatic carbocycles. The number of anilines is 1. The summed E-state index contributed by atoms with van der Waals surface area (Å²) in [7, 11) is 3.13. The van der Waals surface area contributed by atoms with Crippen LogP contribution in [-0.4, -0.2) is 20.1 Å². The second-order valence-corrected chi connectivity index (χ2v) is 7.86. The molecule has 0 aromatic heterocycles. The average Bonchev–Trinajstić information content (AvgIpc) is 2.82. The Morgan fingerprint density at radius 3 is 2.35 bits per heavy atom. The van der Waals surface area contributed by atoms with Gasteiger partial charge in [0.25, 0.3) is 5.91 Å². The van der Waals surface area contributed by atoms with E-state index in [0.717, 1.165) is 16.8 Å². The van der Waals surface area contributed by atoms with Crippen LogP contribution >= 0.6 is 0 Å². The third-order valence-electron chi connectivity index (χ3n) is 5.62. The monoisotopic (exact) mass is 417 g/mol. The molecule has 160 valence electrons. The first kappa shape index (κ1) is 20.9. The van der Waals surface area contributed by atoms with Gasteiger partial charge in [0.1, 0.15) is 0 Å². The molecule has 1 aliphatic rings. The van der Waals surface area contributed by atoms with Gasteiger partial charge in [-0.25, -0.2) is 0 Å². The Balaban J connectivity index is 1.77. The van der Waals surface area contributed by atoms with Crippen LogP contribution in [-0.2, 0) is 11.3 Å². The first-order valence-corrected chi connectivity index (χ1v) is 10.4. The lowest BCUT2D eigenvalue weighted by Crippen LogP contribution is -2.39. The minimum absolute atomic E-state index is 0.161. The van der Waals surface area contributed by atoms with Crippen molar-refractivity contribution < 1.29 is 19.0 Å². The summed E-state index contributed by atoms with van der Waals surface area (Å²) in [4.78, 5) is 15.5. The first-order chi connectivity index (χ1) is 15.0. The third-order valence-corrected chi connectivity index (χ3v) is 5.62. The van der Waals surface area contributed by atoms with E-state index < -0.39 is 6.23 Å². The molecule has 0 spiro atoms. The summed E-state index contributed by atoms with van der Waals surface area (Å²) in [5.41, 5.74) is 4.52. The zero-order valence-electron chi connectivity index (χ0n) is 18.3. The Labute approximate surface area is 183 Å². The molecule has 1 atom stereocenters. The highest BCUT2D eigenvalue weighted by Gasteiger charge is 2.34. The minimum atomic E-state index is -0.517. The summed E-state index contributed by atoms with van der Waals surface area (Å²) in [6.07, 6.45) is -0.517. The molecule has 5 heteroatoms. The second-order valence-electron chi connectivity index (χ2n) is 7.86. The van der Waals surface area contributed by atoms with Crippen molar-refractivity contribution in [2.24, 2.45) is 0 Å². The lowest BCUT2D eigenvalue weighted by atomic mass is 10.00. The number of carbonyl (C=O) groups excluding carboxylic acids is 1. The number of methoxy groups -OCH3 is 2. The number of rotatable bonds is 5. The SMILES string of the molecule is COc1ccc(C(=O)N2c3ccccc3CO[C@@H]2c2ccc(C(C)C)cc2)cc1OC. The number of hydrogen-bond donors (Lipinski definition) is 0. The van der Waals surface area contributed by atoms with Gasteiger partial charge in [-0.2, -0.15) is 0 Å². The Kier molecular flexibility index (Phi) is 5.96. The topological polar surface area (TPSA) is 48.0 Å². The summed E-state index contributed by atoms with van der Waals surface area (Å²) in [6, 6.07) is 21.3.